The number of rotatable bonds is 6. The fourth-order valence-corrected chi connectivity index (χ4v) is 1.92. The number of ether oxygens (including phenoxy) is 3. The van der Waals surface area contributed by atoms with E-state index in [1.54, 1.807) is 50.8 Å². The lowest BCUT2D eigenvalue weighted by Gasteiger charge is -2.09. The number of hydrogen-bond donors (Lipinski definition) is 1. The number of aliphatic imine (C=N–C) groups is 1. The van der Waals surface area contributed by atoms with E-state index in [-0.39, 0.29) is 5.75 Å². The predicted octanol–water partition coefficient (Wildman–Crippen LogP) is 3.56. The normalized spacial score (nSPS) is 10.7. The van der Waals surface area contributed by atoms with Gasteiger partial charge in [-0.3, -0.25) is 4.99 Å². The van der Waals surface area contributed by atoms with E-state index < -0.39 is 0 Å². The van der Waals surface area contributed by atoms with Crippen molar-refractivity contribution < 1.29 is 19.3 Å². The number of nitrogens with zero attached hydrogens (tertiary/aromatic N) is 1. The Morgan fingerprint density at radius 1 is 1.05 bits per heavy atom. The summed E-state index contributed by atoms with van der Waals surface area (Å²) in [7, 11) is 3.16. The third-order valence-corrected chi connectivity index (χ3v) is 3.03. The Morgan fingerprint density at radius 2 is 1.86 bits per heavy atom. The maximum atomic E-state index is 9.83. The summed E-state index contributed by atoms with van der Waals surface area (Å²) in [5.74, 6) is 2.09. The molecule has 0 saturated heterocycles. The molecule has 0 aliphatic carbocycles. The van der Waals surface area contributed by atoms with E-state index in [0.717, 1.165) is 0 Å². The highest BCUT2D eigenvalue weighted by atomic mass is 16.5. The summed E-state index contributed by atoms with van der Waals surface area (Å²) in [6.07, 6.45) is 1.58. The van der Waals surface area contributed by atoms with Crippen LogP contribution in [0.2, 0.25) is 0 Å². The number of benzene rings is 2. The highest BCUT2D eigenvalue weighted by molar-refractivity contribution is 5.86. The van der Waals surface area contributed by atoms with Gasteiger partial charge in [0, 0.05) is 17.8 Å². The van der Waals surface area contributed by atoms with Crippen LogP contribution >= 0.6 is 0 Å². The monoisotopic (exact) mass is 301 g/mol. The SMILES string of the molecule is CCOc1ccc(N=Cc2cc(OC)ccc2O)cc1OC. The number of aromatic hydroxyl groups is 1. The van der Waals surface area contributed by atoms with E-state index in [1.165, 1.54) is 0 Å². The average Bonchev–Trinajstić information content (AvgIpc) is 2.55. The van der Waals surface area contributed by atoms with Gasteiger partial charge in [0.25, 0.3) is 0 Å². The molecule has 0 fully saturated rings. The summed E-state index contributed by atoms with van der Waals surface area (Å²) in [4.78, 5) is 4.35. The molecule has 2 rings (SSSR count). The summed E-state index contributed by atoms with van der Waals surface area (Å²) in [6, 6.07) is 10.4. The lowest BCUT2D eigenvalue weighted by atomic mass is 10.2. The molecule has 0 atom stereocenters. The minimum Gasteiger partial charge on any atom is -0.507 e. The van der Waals surface area contributed by atoms with Gasteiger partial charge < -0.3 is 19.3 Å². The lowest BCUT2D eigenvalue weighted by Crippen LogP contribution is -1.94. The van der Waals surface area contributed by atoms with E-state index in [4.69, 9.17) is 14.2 Å². The minimum atomic E-state index is 0.141. The van der Waals surface area contributed by atoms with Gasteiger partial charge in [-0.2, -0.15) is 0 Å². The highest BCUT2D eigenvalue weighted by Gasteiger charge is 2.05. The van der Waals surface area contributed by atoms with Gasteiger partial charge in [-0.15, -0.1) is 0 Å². The van der Waals surface area contributed by atoms with Crippen LogP contribution in [0.5, 0.6) is 23.0 Å². The molecule has 1 N–H and O–H groups in total. The van der Waals surface area contributed by atoms with Crippen LogP contribution in [0.1, 0.15) is 12.5 Å². The fourth-order valence-electron chi connectivity index (χ4n) is 1.92. The van der Waals surface area contributed by atoms with Crippen molar-refractivity contribution in [3.8, 4) is 23.0 Å². The summed E-state index contributed by atoms with van der Waals surface area (Å²) in [6.45, 7) is 2.48. The highest BCUT2D eigenvalue weighted by Crippen LogP contribution is 2.31. The van der Waals surface area contributed by atoms with Gasteiger partial charge >= 0.3 is 0 Å². The maximum Gasteiger partial charge on any atom is 0.162 e. The molecular weight excluding hydrogens is 282 g/mol. The molecule has 5 heteroatoms. The Morgan fingerprint density at radius 3 is 2.55 bits per heavy atom. The van der Waals surface area contributed by atoms with Crippen LogP contribution in [0, 0.1) is 0 Å². The first-order valence-electron chi connectivity index (χ1n) is 6.89. The molecule has 0 aliphatic heterocycles. The quantitative estimate of drug-likeness (QED) is 0.829. The molecule has 0 bridgehead atoms. The number of methoxy groups -OCH3 is 2. The summed E-state index contributed by atoms with van der Waals surface area (Å²) in [5.41, 5.74) is 1.27. The van der Waals surface area contributed by atoms with Gasteiger partial charge in [0.2, 0.25) is 0 Å². The van der Waals surface area contributed by atoms with Gasteiger partial charge in [-0.05, 0) is 37.3 Å². The van der Waals surface area contributed by atoms with Crippen LogP contribution in [0.4, 0.5) is 5.69 Å². The van der Waals surface area contributed by atoms with Crippen molar-refractivity contribution >= 4 is 11.9 Å². The molecule has 0 heterocycles. The van der Waals surface area contributed by atoms with E-state index in [0.29, 0.717) is 35.1 Å². The summed E-state index contributed by atoms with van der Waals surface area (Å²) >= 11 is 0. The molecule has 0 amide bonds. The molecule has 0 spiro atoms. The zero-order valence-electron chi connectivity index (χ0n) is 12.9. The molecule has 0 aromatic heterocycles. The van der Waals surface area contributed by atoms with Gasteiger partial charge in [0.05, 0.1) is 26.5 Å². The van der Waals surface area contributed by atoms with E-state index in [9.17, 15) is 5.11 Å². The van der Waals surface area contributed by atoms with Crippen LogP contribution in [0.25, 0.3) is 0 Å². The third-order valence-electron chi connectivity index (χ3n) is 3.03. The molecule has 116 valence electrons. The first kappa shape index (κ1) is 15.7. The van der Waals surface area contributed by atoms with Crippen molar-refractivity contribution in [2.75, 3.05) is 20.8 Å². The van der Waals surface area contributed by atoms with Gasteiger partial charge in [-0.1, -0.05) is 0 Å². The van der Waals surface area contributed by atoms with Crippen LogP contribution in [-0.4, -0.2) is 32.1 Å². The van der Waals surface area contributed by atoms with E-state index in [1.807, 2.05) is 13.0 Å². The zero-order valence-corrected chi connectivity index (χ0v) is 12.9. The molecule has 0 saturated carbocycles. The van der Waals surface area contributed by atoms with Gasteiger partial charge in [-0.25, -0.2) is 0 Å². The largest absolute Gasteiger partial charge is 0.507 e. The zero-order chi connectivity index (χ0) is 15.9. The second-order valence-electron chi connectivity index (χ2n) is 4.45. The molecule has 2 aromatic carbocycles. The molecular formula is C17H19NO4. The second-order valence-corrected chi connectivity index (χ2v) is 4.45. The fraction of sp³-hybridized carbons (Fsp3) is 0.235. The first-order valence-corrected chi connectivity index (χ1v) is 6.89. The van der Waals surface area contributed by atoms with Gasteiger partial charge in [0.1, 0.15) is 11.5 Å². The first-order chi connectivity index (χ1) is 10.7. The average molecular weight is 301 g/mol. The Hall–Kier alpha value is -2.69. The maximum absolute atomic E-state index is 9.83. The molecule has 0 unspecified atom stereocenters. The van der Waals surface area contributed by atoms with E-state index in [2.05, 4.69) is 4.99 Å². The minimum absolute atomic E-state index is 0.141. The summed E-state index contributed by atoms with van der Waals surface area (Å²) < 4.78 is 15.9. The van der Waals surface area contributed by atoms with Crippen molar-refractivity contribution in [2.45, 2.75) is 6.92 Å². The second kappa shape index (κ2) is 7.36. The summed E-state index contributed by atoms with van der Waals surface area (Å²) in [5, 5.41) is 9.83. The molecule has 5 nitrogen and oxygen atoms in total. The number of phenolic OH excluding ortho intramolecular Hbond substituents is 1. The Kier molecular flexibility index (Phi) is 5.25. The predicted molar refractivity (Wildman–Crippen MR) is 86.1 cm³/mol. The van der Waals surface area contributed by atoms with Crippen molar-refractivity contribution in [1.82, 2.24) is 0 Å². The third kappa shape index (κ3) is 3.69. The molecule has 0 aliphatic rings. The Bertz CT molecular complexity index is 668. The number of phenols is 1. The molecule has 0 radical (unpaired) electrons. The van der Waals surface area contributed by atoms with Crippen molar-refractivity contribution in [2.24, 2.45) is 4.99 Å². The van der Waals surface area contributed by atoms with Gasteiger partial charge in [0.15, 0.2) is 11.5 Å². The molecule has 22 heavy (non-hydrogen) atoms. The van der Waals surface area contributed by atoms with Crippen LogP contribution in [0.15, 0.2) is 41.4 Å². The topological polar surface area (TPSA) is 60.3 Å². The Labute approximate surface area is 129 Å². The van der Waals surface area contributed by atoms with Crippen LogP contribution in [0.3, 0.4) is 0 Å². The lowest BCUT2D eigenvalue weighted by molar-refractivity contribution is 0.311. The van der Waals surface area contributed by atoms with Crippen LogP contribution < -0.4 is 14.2 Å². The van der Waals surface area contributed by atoms with Crippen molar-refractivity contribution in [1.29, 1.82) is 0 Å². The standard InChI is InChI=1S/C17H19NO4/c1-4-22-16-8-5-13(10-17(16)21-3)18-11-12-9-14(20-2)6-7-15(12)19/h5-11,19H,4H2,1-3H3. The van der Waals surface area contributed by atoms with E-state index >= 15 is 0 Å². The smallest absolute Gasteiger partial charge is 0.162 e. The Balaban J connectivity index is 2.26. The van der Waals surface area contributed by atoms with Crippen molar-refractivity contribution in [3.63, 3.8) is 0 Å². The van der Waals surface area contributed by atoms with Crippen LogP contribution in [-0.2, 0) is 0 Å². The molecule has 2 aromatic rings. The van der Waals surface area contributed by atoms with Crippen molar-refractivity contribution in [3.05, 3.63) is 42.0 Å². The number of hydrogen-bond acceptors (Lipinski definition) is 5.